The number of anilines is 1. The lowest BCUT2D eigenvalue weighted by molar-refractivity contribution is 0.237. The largest absolute Gasteiger partial charge is 0.335 e. The van der Waals surface area contributed by atoms with Crippen molar-refractivity contribution in [2.45, 2.75) is 44.1 Å². The van der Waals surface area contributed by atoms with Gasteiger partial charge < -0.3 is 5.32 Å². The molecule has 0 unspecified atom stereocenters. The van der Waals surface area contributed by atoms with Crippen LogP contribution in [0.25, 0.3) is 10.8 Å². The van der Waals surface area contributed by atoms with Crippen LogP contribution in [0.3, 0.4) is 0 Å². The van der Waals surface area contributed by atoms with E-state index in [2.05, 4.69) is 37.5 Å². The van der Waals surface area contributed by atoms with Gasteiger partial charge in [-0.05, 0) is 61.9 Å². The van der Waals surface area contributed by atoms with Crippen molar-refractivity contribution in [1.29, 1.82) is 0 Å². The number of aromatic nitrogens is 2. The van der Waals surface area contributed by atoms with Crippen molar-refractivity contribution in [1.82, 2.24) is 15.5 Å². The summed E-state index contributed by atoms with van der Waals surface area (Å²) in [5, 5.41) is 11.9. The Morgan fingerprint density at radius 1 is 1.10 bits per heavy atom. The highest BCUT2D eigenvalue weighted by Crippen LogP contribution is 2.35. The molecule has 2 aromatic carbocycles. The van der Waals surface area contributed by atoms with Gasteiger partial charge in [0.05, 0.1) is 11.1 Å². The van der Waals surface area contributed by atoms with Gasteiger partial charge in [-0.25, -0.2) is 9.89 Å². The van der Waals surface area contributed by atoms with Crippen LogP contribution >= 0.6 is 15.9 Å². The van der Waals surface area contributed by atoms with Crippen LogP contribution in [0.4, 0.5) is 10.5 Å². The number of hydrogen-bond acceptors (Lipinski definition) is 3. The zero-order valence-corrected chi connectivity index (χ0v) is 18.1. The molecule has 30 heavy (non-hydrogen) atoms. The standard InChI is InChI=1S/C23H23BrN4O2/c24-16-7-10-20-15(13-16)11-12-28(20)23(30)25-17-8-5-14(6-9-17)21-18-3-1-2-4-19(18)22(29)27-26-21/h1-4,7,10,13-14,17H,5-6,8-9,11-12H2,(H,25,30)(H,27,29). The Hall–Kier alpha value is -2.67. The number of halogens is 1. The molecule has 0 radical (unpaired) electrons. The van der Waals surface area contributed by atoms with Crippen LogP contribution in [-0.4, -0.2) is 28.8 Å². The van der Waals surface area contributed by atoms with Gasteiger partial charge in [-0.3, -0.25) is 9.69 Å². The van der Waals surface area contributed by atoms with Crippen LogP contribution in [0.5, 0.6) is 0 Å². The molecule has 0 bridgehead atoms. The number of carbonyl (C=O) groups is 1. The number of hydrogen-bond donors (Lipinski definition) is 2. The van der Waals surface area contributed by atoms with E-state index in [0.29, 0.717) is 11.3 Å². The summed E-state index contributed by atoms with van der Waals surface area (Å²) in [6.07, 6.45) is 4.59. The van der Waals surface area contributed by atoms with Crippen molar-refractivity contribution >= 4 is 38.4 Å². The number of rotatable bonds is 2. The minimum absolute atomic E-state index is 0.00728. The van der Waals surface area contributed by atoms with Crippen LogP contribution in [0.15, 0.2) is 51.7 Å². The molecule has 2 heterocycles. The Kier molecular flexibility index (Phi) is 5.06. The molecule has 2 N–H and O–H groups in total. The first kappa shape index (κ1) is 19.3. The van der Waals surface area contributed by atoms with Crippen molar-refractivity contribution in [3.63, 3.8) is 0 Å². The molecule has 3 aromatic rings. The summed E-state index contributed by atoms with van der Waals surface area (Å²) in [6, 6.07) is 13.9. The summed E-state index contributed by atoms with van der Waals surface area (Å²) in [5.74, 6) is 0.296. The van der Waals surface area contributed by atoms with Gasteiger partial charge in [0.15, 0.2) is 0 Å². The van der Waals surface area contributed by atoms with Crippen LogP contribution in [0.1, 0.15) is 42.9 Å². The monoisotopic (exact) mass is 466 g/mol. The molecule has 154 valence electrons. The third-order valence-electron chi connectivity index (χ3n) is 6.35. The van der Waals surface area contributed by atoms with E-state index in [4.69, 9.17) is 0 Å². The summed E-state index contributed by atoms with van der Waals surface area (Å²) in [6.45, 7) is 0.722. The Balaban J connectivity index is 1.25. The van der Waals surface area contributed by atoms with E-state index >= 15 is 0 Å². The van der Waals surface area contributed by atoms with Crippen LogP contribution in [-0.2, 0) is 6.42 Å². The highest BCUT2D eigenvalue weighted by molar-refractivity contribution is 9.10. The quantitative estimate of drug-likeness (QED) is 0.583. The second-order valence-electron chi connectivity index (χ2n) is 8.16. The van der Waals surface area contributed by atoms with Crippen molar-refractivity contribution in [2.75, 3.05) is 11.4 Å². The number of H-pyrrole nitrogens is 1. The van der Waals surface area contributed by atoms with Crippen LogP contribution in [0.2, 0.25) is 0 Å². The number of nitrogens with zero attached hydrogens (tertiary/aromatic N) is 2. The third kappa shape index (κ3) is 3.51. The number of benzene rings is 2. The Bertz CT molecular complexity index is 1170. The predicted octanol–water partition coefficient (Wildman–Crippen LogP) is 4.48. The Morgan fingerprint density at radius 3 is 2.67 bits per heavy atom. The van der Waals surface area contributed by atoms with E-state index in [9.17, 15) is 9.59 Å². The molecule has 1 aliphatic heterocycles. The van der Waals surface area contributed by atoms with E-state index in [1.54, 1.807) is 0 Å². The van der Waals surface area contributed by atoms with Gasteiger partial charge in [0.25, 0.3) is 5.56 Å². The predicted molar refractivity (Wildman–Crippen MR) is 121 cm³/mol. The first-order valence-electron chi connectivity index (χ1n) is 10.4. The van der Waals surface area contributed by atoms with E-state index in [1.807, 2.05) is 41.3 Å². The first-order valence-corrected chi connectivity index (χ1v) is 11.2. The first-order chi connectivity index (χ1) is 14.6. The van der Waals surface area contributed by atoms with Gasteiger partial charge in [0.2, 0.25) is 0 Å². The molecule has 0 atom stereocenters. The lowest BCUT2D eigenvalue weighted by atomic mass is 9.83. The Labute approximate surface area is 182 Å². The highest BCUT2D eigenvalue weighted by atomic mass is 79.9. The molecular formula is C23H23BrN4O2. The number of fused-ring (bicyclic) bond motifs is 2. The van der Waals surface area contributed by atoms with Gasteiger partial charge in [-0.1, -0.05) is 34.1 Å². The third-order valence-corrected chi connectivity index (χ3v) is 6.84. The lowest BCUT2D eigenvalue weighted by Gasteiger charge is -2.30. The average molecular weight is 467 g/mol. The summed E-state index contributed by atoms with van der Waals surface area (Å²) >= 11 is 3.50. The van der Waals surface area contributed by atoms with E-state index in [0.717, 1.165) is 59.9 Å². The van der Waals surface area contributed by atoms with Crippen LogP contribution in [0, 0.1) is 0 Å². The molecule has 1 fully saturated rings. The van der Waals surface area contributed by atoms with Gasteiger partial charge in [0, 0.05) is 34.1 Å². The lowest BCUT2D eigenvalue weighted by Crippen LogP contribution is -2.45. The molecule has 7 heteroatoms. The zero-order chi connectivity index (χ0) is 20.7. The van der Waals surface area contributed by atoms with Gasteiger partial charge >= 0.3 is 6.03 Å². The normalized spacial score (nSPS) is 20.9. The maximum absolute atomic E-state index is 12.9. The fourth-order valence-electron chi connectivity index (χ4n) is 4.79. The van der Waals surface area contributed by atoms with Crippen molar-refractivity contribution in [2.24, 2.45) is 0 Å². The molecule has 0 spiro atoms. The van der Waals surface area contributed by atoms with Crippen molar-refractivity contribution in [3.8, 4) is 0 Å². The summed E-state index contributed by atoms with van der Waals surface area (Å²) in [4.78, 5) is 26.8. The van der Waals surface area contributed by atoms with Crippen LogP contribution < -0.4 is 15.8 Å². The number of aromatic amines is 1. The average Bonchev–Trinajstić information content (AvgIpc) is 3.18. The number of nitrogens with one attached hydrogen (secondary N) is 2. The maximum Gasteiger partial charge on any atom is 0.322 e. The highest BCUT2D eigenvalue weighted by Gasteiger charge is 2.29. The molecular weight excluding hydrogens is 444 g/mol. The van der Waals surface area contributed by atoms with Crippen molar-refractivity contribution in [3.05, 3.63) is 68.5 Å². The summed E-state index contributed by atoms with van der Waals surface area (Å²) < 4.78 is 1.05. The minimum atomic E-state index is -0.145. The summed E-state index contributed by atoms with van der Waals surface area (Å²) in [5.41, 5.74) is 3.04. The Morgan fingerprint density at radius 2 is 1.87 bits per heavy atom. The minimum Gasteiger partial charge on any atom is -0.335 e. The number of carbonyl (C=O) groups excluding carboxylic acids is 1. The second kappa shape index (κ2) is 7.87. The zero-order valence-electron chi connectivity index (χ0n) is 16.5. The smallest absolute Gasteiger partial charge is 0.322 e. The van der Waals surface area contributed by atoms with E-state index < -0.39 is 0 Å². The van der Waals surface area contributed by atoms with E-state index in [1.165, 1.54) is 5.56 Å². The van der Waals surface area contributed by atoms with E-state index in [-0.39, 0.29) is 17.6 Å². The fourth-order valence-corrected chi connectivity index (χ4v) is 5.20. The molecule has 1 saturated carbocycles. The van der Waals surface area contributed by atoms with Gasteiger partial charge in [-0.15, -0.1) is 0 Å². The molecule has 0 saturated heterocycles. The molecule has 5 rings (SSSR count). The number of urea groups is 1. The van der Waals surface area contributed by atoms with Gasteiger partial charge in [-0.2, -0.15) is 5.10 Å². The second-order valence-corrected chi connectivity index (χ2v) is 9.07. The number of amides is 2. The van der Waals surface area contributed by atoms with Crippen molar-refractivity contribution < 1.29 is 4.79 Å². The molecule has 2 aliphatic rings. The summed E-state index contributed by atoms with van der Waals surface area (Å²) in [7, 11) is 0. The molecule has 1 aliphatic carbocycles. The fraction of sp³-hybridized carbons (Fsp3) is 0.348. The SMILES string of the molecule is O=C(NC1CCC(c2n[nH]c(=O)c3ccccc23)CC1)N1CCc2cc(Br)ccc21. The molecule has 2 amide bonds. The maximum atomic E-state index is 12.9. The molecule has 6 nitrogen and oxygen atoms in total. The molecule has 1 aromatic heterocycles. The topological polar surface area (TPSA) is 78.1 Å². The van der Waals surface area contributed by atoms with Gasteiger partial charge in [0.1, 0.15) is 0 Å².